The molecule has 2 heterocycles. The van der Waals surface area contributed by atoms with Crippen LogP contribution >= 0.6 is 23.2 Å². The van der Waals surface area contributed by atoms with Crippen molar-refractivity contribution in [1.82, 2.24) is 9.97 Å². The molecule has 0 saturated carbocycles. The van der Waals surface area contributed by atoms with Crippen LogP contribution in [0.4, 0.5) is 4.39 Å². The second-order valence-electron chi connectivity index (χ2n) is 9.42. The van der Waals surface area contributed by atoms with Gasteiger partial charge in [0.05, 0.1) is 0 Å². The maximum absolute atomic E-state index is 14.1. The lowest BCUT2D eigenvalue weighted by Gasteiger charge is -2.17. The number of aryl methyl sites for hydroxylation is 8. The first-order chi connectivity index (χ1) is 15.7. The van der Waals surface area contributed by atoms with Gasteiger partial charge in [-0.25, -0.2) is 14.4 Å². The summed E-state index contributed by atoms with van der Waals surface area (Å²) in [6.45, 7) is 22.1. The average molecular weight is 500 g/mol. The summed E-state index contributed by atoms with van der Waals surface area (Å²) in [6.07, 6.45) is 0. The smallest absolute Gasteiger partial charge is 0.137 e. The van der Waals surface area contributed by atoms with Gasteiger partial charge in [0.15, 0.2) is 0 Å². The van der Waals surface area contributed by atoms with Crippen molar-refractivity contribution in [2.45, 2.75) is 76.2 Å². The van der Waals surface area contributed by atoms with Gasteiger partial charge in [-0.05, 0) is 137 Å². The molecule has 0 fully saturated rings. The number of nitrogens with zero attached hydrogens (tertiary/aromatic N) is 2. The Morgan fingerprint density at radius 2 is 0.735 bits per heavy atom. The van der Waals surface area contributed by atoms with E-state index in [1.807, 2.05) is 27.7 Å². The third-order valence-electron chi connectivity index (χ3n) is 7.69. The first kappa shape index (κ1) is 26.4. The molecule has 0 aliphatic rings. The Kier molecular flexibility index (Phi) is 7.32. The highest BCUT2D eigenvalue weighted by Crippen LogP contribution is 2.36. The molecule has 4 rings (SSSR count). The molecule has 0 amide bonds. The first-order valence-electron chi connectivity index (χ1n) is 11.5. The zero-order valence-electron chi connectivity index (χ0n) is 22.0. The van der Waals surface area contributed by atoms with E-state index in [1.165, 1.54) is 33.2 Å². The van der Waals surface area contributed by atoms with Crippen molar-refractivity contribution in [3.05, 3.63) is 77.6 Å². The molecule has 0 saturated heterocycles. The molecule has 0 unspecified atom stereocenters. The molecule has 34 heavy (non-hydrogen) atoms. The minimum absolute atomic E-state index is 0.139. The van der Waals surface area contributed by atoms with Crippen molar-refractivity contribution < 1.29 is 4.39 Å². The number of aromatic nitrogens is 2. The molecule has 0 radical (unpaired) electrons. The molecule has 0 atom stereocenters. The largest absolute Gasteiger partial charge is 0.240 e. The van der Waals surface area contributed by atoms with E-state index in [2.05, 4.69) is 44.6 Å². The van der Waals surface area contributed by atoms with Crippen LogP contribution in [0.2, 0.25) is 10.3 Å². The number of halogens is 3. The van der Waals surface area contributed by atoms with Crippen LogP contribution in [0.3, 0.4) is 0 Å². The lowest BCUT2D eigenvalue weighted by atomic mass is 9.90. The van der Waals surface area contributed by atoms with Crippen LogP contribution in [0.5, 0.6) is 0 Å². The molecule has 0 aliphatic heterocycles. The van der Waals surface area contributed by atoms with Gasteiger partial charge >= 0.3 is 0 Å². The Morgan fingerprint density at radius 3 is 1.15 bits per heavy atom. The van der Waals surface area contributed by atoms with Gasteiger partial charge in [0, 0.05) is 22.2 Å². The molecule has 2 nitrogen and oxygen atoms in total. The van der Waals surface area contributed by atoms with E-state index < -0.39 is 0 Å². The highest BCUT2D eigenvalue weighted by atomic mass is 35.5. The molecule has 0 spiro atoms. The standard InChI is InChI=1S/C15H18ClN.C14H15ClFN/c1-7-8(2)10(4)14-13(9(7)3)11(5)12(6)17-15(14)16;1-6-7(2)13(16)9(4)11-8(3)10(5)17-14(15)12(6)11/h1-6H3;1-5H3. The van der Waals surface area contributed by atoms with Gasteiger partial charge in [-0.3, -0.25) is 0 Å². The molecule has 4 aromatic rings. The van der Waals surface area contributed by atoms with Crippen LogP contribution in [0.1, 0.15) is 61.5 Å². The maximum Gasteiger partial charge on any atom is 0.137 e. The zero-order valence-corrected chi connectivity index (χ0v) is 23.5. The van der Waals surface area contributed by atoms with E-state index in [4.69, 9.17) is 23.2 Å². The van der Waals surface area contributed by atoms with E-state index in [0.717, 1.165) is 38.7 Å². The summed E-state index contributed by atoms with van der Waals surface area (Å²) < 4.78 is 14.1. The van der Waals surface area contributed by atoms with Gasteiger partial charge in [0.2, 0.25) is 0 Å². The normalized spacial score (nSPS) is 11.2. The topological polar surface area (TPSA) is 25.8 Å². The van der Waals surface area contributed by atoms with Crippen LogP contribution in [-0.4, -0.2) is 9.97 Å². The monoisotopic (exact) mass is 498 g/mol. The maximum atomic E-state index is 14.1. The summed E-state index contributed by atoms with van der Waals surface area (Å²) in [7, 11) is 0. The molecule has 2 aromatic carbocycles. The lowest BCUT2D eigenvalue weighted by Crippen LogP contribution is -2.00. The van der Waals surface area contributed by atoms with Crippen molar-refractivity contribution in [2.24, 2.45) is 0 Å². The molecule has 5 heteroatoms. The van der Waals surface area contributed by atoms with Gasteiger partial charge in [0.25, 0.3) is 0 Å². The average Bonchev–Trinajstić information content (AvgIpc) is 2.78. The fraction of sp³-hybridized carbons (Fsp3) is 0.379. The van der Waals surface area contributed by atoms with Crippen molar-refractivity contribution in [3.8, 4) is 0 Å². The van der Waals surface area contributed by atoms with E-state index in [9.17, 15) is 4.39 Å². The highest BCUT2D eigenvalue weighted by molar-refractivity contribution is 6.35. The third-order valence-corrected chi connectivity index (χ3v) is 8.24. The fourth-order valence-electron chi connectivity index (χ4n) is 4.82. The second kappa shape index (κ2) is 9.43. The van der Waals surface area contributed by atoms with Crippen LogP contribution in [-0.2, 0) is 0 Å². The van der Waals surface area contributed by atoms with Crippen LogP contribution < -0.4 is 0 Å². The predicted molar refractivity (Wildman–Crippen MR) is 146 cm³/mol. The van der Waals surface area contributed by atoms with Gasteiger partial charge in [-0.15, -0.1) is 0 Å². The quantitative estimate of drug-likeness (QED) is 0.225. The number of hydrogen-bond acceptors (Lipinski definition) is 2. The van der Waals surface area contributed by atoms with Crippen molar-refractivity contribution in [2.75, 3.05) is 0 Å². The Hall–Kier alpha value is -2.23. The Labute approximate surface area is 212 Å². The first-order valence-corrected chi connectivity index (χ1v) is 12.2. The fourth-order valence-corrected chi connectivity index (χ4v) is 5.55. The molecule has 180 valence electrons. The minimum atomic E-state index is -0.139. The lowest BCUT2D eigenvalue weighted by molar-refractivity contribution is 0.610. The highest BCUT2D eigenvalue weighted by Gasteiger charge is 2.18. The molecule has 0 N–H and O–H groups in total. The van der Waals surface area contributed by atoms with E-state index in [0.29, 0.717) is 21.4 Å². The van der Waals surface area contributed by atoms with E-state index in [-0.39, 0.29) is 5.82 Å². The van der Waals surface area contributed by atoms with Crippen molar-refractivity contribution in [3.63, 3.8) is 0 Å². The summed E-state index contributed by atoms with van der Waals surface area (Å²) in [5.41, 5.74) is 11.6. The molecule has 0 aliphatic carbocycles. The summed E-state index contributed by atoms with van der Waals surface area (Å²) in [4.78, 5) is 8.76. The molecular formula is C29H33Cl2FN2. The van der Waals surface area contributed by atoms with Gasteiger partial charge < -0.3 is 0 Å². The summed E-state index contributed by atoms with van der Waals surface area (Å²) in [6, 6.07) is 0. The van der Waals surface area contributed by atoms with Crippen LogP contribution in [0, 0.1) is 82.0 Å². The summed E-state index contributed by atoms with van der Waals surface area (Å²) >= 11 is 12.5. The molecule has 2 aromatic heterocycles. The van der Waals surface area contributed by atoms with Gasteiger partial charge in [0.1, 0.15) is 16.1 Å². The minimum Gasteiger partial charge on any atom is -0.240 e. The van der Waals surface area contributed by atoms with Gasteiger partial charge in [-0.1, -0.05) is 23.2 Å². The van der Waals surface area contributed by atoms with E-state index in [1.54, 1.807) is 13.8 Å². The molecule has 0 bridgehead atoms. The summed E-state index contributed by atoms with van der Waals surface area (Å²) in [5, 5.41) is 5.28. The third kappa shape index (κ3) is 4.07. The predicted octanol–water partition coefficient (Wildman–Crippen LogP) is 9.31. The summed E-state index contributed by atoms with van der Waals surface area (Å²) in [5.74, 6) is -0.139. The van der Waals surface area contributed by atoms with Crippen LogP contribution in [0.25, 0.3) is 21.5 Å². The van der Waals surface area contributed by atoms with E-state index >= 15 is 0 Å². The van der Waals surface area contributed by atoms with Crippen molar-refractivity contribution in [1.29, 1.82) is 0 Å². The van der Waals surface area contributed by atoms with Crippen LogP contribution in [0.15, 0.2) is 0 Å². The second-order valence-corrected chi connectivity index (χ2v) is 10.1. The number of rotatable bonds is 0. The Balaban J connectivity index is 0.000000191. The number of hydrogen-bond donors (Lipinski definition) is 0. The number of fused-ring (bicyclic) bond motifs is 2. The molecular weight excluding hydrogens is 466 g/mol. The zero-order chi connectivity index (χ0) is 25.8. The van der Waals surface area contributed by atoms with Crippen molar-refractivity contribution >= 4 is 44.7 Å². The van der Waals surface area contributed by atoms with Gasteiger partial charge in [-0.2, -0.15) is 0 Å². The number of pyridine rings is 2. The SMILES string of the molecule is Cc1nc(Cl)c2c(C)c(C)c(C)c(C)c2c1C.Cc1nc(Cl)c2c(C)c(C)c(F)c(C)c2c1C. The Bertz CT molecular complexity index is 1370. The number of benzene rings is 2. The Morgan fingerprint density at radius 1 is 0.412 bits per heavy atom.